The minimum absolute atomic E-state index is 0.0630. The Hall–Kier alpha value is -3.79. The molecule has 1 fully saturated rings. The number of imide groups is 2. The minimum Gasteiger partial charge on any atom is -0.382 e. The summed E-state index contributed by atoms with van der Waals surface area (Å²) in [5.41, 5.74) is 9.05. The number of hydrogen-bond donors (Lipinski definition) is 2. The Bertz CT molecular complexity index is 1330. The lowest BCUT2D eigenvalue weighted by molar-refractivity contribution is -0.136. The lowest BCUT2D eigenvalue weighted by Gasteiger charge is -2.27. The van der Waals surface area contributed by atoms with Crippen LogP contribution >= 0.6 is 0 Å². The smallest absolute Gasteiger partial charge is 0.264 e. The van der Waals surface area contributed by atoms with E-state index in [2.05, 4.69) is 20.7 Å². The van der Waals surface area contributed by atoms with E-state index in [4.69, 9.17) is 52.9 Å². The van der Waals surface area contributed by atoms with Gasteiger partial charge in [0, 0.05) is 30.1 Å². The fourth-order valence-corrected chi connectivity index (χ4v) is 5.15. The van der Waals surface area contributed by atoms with Crippen LogP contribution in [-0.2, 0) is 57.0 Å². The number of ether oxygens (including phenoxy) is 10. The van der Waals surface area contributed by atoms with Crippen LogP contribution in [0, 0.1) is 0 Å². The van der Waals surface area contributed by atoms with E-state index in [9.17, 15) is 19.2 Å². The van der Waals surface area contributed by atoms with Crippen molar-refractivity contribution in [2.45, 2.75) is 18.9 Å². The molecule has 0 radical (unpaired) electrons. The summed E-state index contributed by atoms with van der Waals surface area (Å²) in [4.78, 5) is 53.5. The normalized spacial score (nSPS) is 15.3. The van der Waals surface area contributed by atoms with Gasteiger partial charge in [0.2, 0.25) is 11.8 Å². The molecule has 0 aliphatic carbocycles. The number of amides is 4. The molecule has 2 aliphatic heterocycles. The number of rotatable bonds is 35. The topological polar surface area (TPSA) is 237 Å². The van der Waals surface area contributed by atoms with Crippen LogP contribution < -0.4 is 10.6 Å². The summed E-state index contributed by atoms with van der Waals surface area (Å²) in [6.07, 6.45) is 0.164. The Morgan fingerprint density at radius 3 is 1.51 bits per heavy atom. The van der Waals surface area contributed by atoms with Gasteiger partial charge in [0.05, 0.1) is 143 Å². The molecule has 20 heteroatoms. The maximum absolute atomic E-state index is 13.1. The highest BCUT2D eigenvalue weighted by molar-refractivity contribution is 6.25. The van der Waals surface area contributed by atoms with Gasteiger partial charge in [-0.2, -0.15) is 0 Å². The summed E-state index contributed by atoms with van der Waals surface area (Å²) in [7, 11) is 0. The van der Waals surface area contributed by atoms with Gasteiger partial charge in [-0.25, -0.2) is 0 Å². The number of nitrogens with one attached hydrogen (secondary N) is 2. The van der Waals surface area contributed by atoms with E-state index in [1.807, 2.05) is 0 Å². The molecule has 0 aromatic heterocycles. The van der Waals surface area contributed by atoms with E-state index in [0.29, 0.717) is 151 Å². The van der Waals surface area contributed by atoms with Crippen molar-refractivity contribution in [3.8, 4) is 0 Å². The Morgan fingerprint density at radius 1 is 0.636 bits per heavy atom. The fraction of sp³-hybridized carbons (Fsp3) is 0.714. The predicted molar refractivity (Wildman–Crippen MR) is 194 cm³/mol. The molecule has 55 heavy (non-hydrogen) atoms. The molecular formula is C35H54N6O14. The molecule has 308 valence electrons. The molecule has 0 bridgehead atoms. The number of carbonyl (C=O) groups is 4. The quantitative estimate of drug-likeness (QED) is 0.0321. The van der Waals surface area contributed by atoms with Crippen LogP contribution in [0.1, 0.15) is 33.6 Å². The van der Waals surface area contributed by atoms with Gasteiger partial charge in [-0.05, 0) is 24.1 Å². The highest BCUT2D eigenvalue weighted by Gasteiger charge is 2.45. The van der Waals surface area contributed by atoms with Gasteiger partial charge in [0.1, 0.15) is 6.04 Å². The van der Waals surface area contributed by atoms with Crippen LogP contribution in [0.3, 0.4) is 0 Å². The zero-order chi connectivity index (χ0) is 39.2. The maximum atomic E-state index is 13.1. The van der Waals surface area contributed by atoms with Crippen molar-refractivity contribution in [2.24, 2.45) is 5.11 Å². The Labute approximate surface area is 320 Å². The molecule has 3 rings (SSSR count). The molecule has 0 saturated carbocycles. The van der Waals surface area contributed by atoms with Crippen molar-refractivity contribution >= 4 is 29.3 Å². The number of azide groups is 1. The first kappa shape index (κ1) is 45.6. The summed E-state index contributed by atoms with van der Waals surface area (Å²) >= 11 is 0. The molecule has 1 aromatic carbocycles. The molecule has 2 N–H and O–H groups in total. The number of fused-ring (bicyclic) bond motifs is 1. The standard InChI is InChI=1S/C35H54N6O14/c36-40-38-7-9-47-11-13-49-15-17-51-19-21-53-23-25-55-27-26-54-24-22-52-20-18-50-16-14-48-12-10-46-8-6-37-29-3-1-2-28-32(29)35(45)41(34(28)44)30-4-5-31(42)39-33(30)43/h1-3,30,37H,4-27H2,(H,39,42,43). The van der Waals surface area contributed by atoms with Gasteiger partial charge in [-0.1, -0.05) is 11.2 Å². The van der Waals surface area contributed by atoms with E-state index in [-0.39, 0.29) is 24.0 Å². The zero-order valence-corrected chi connectivity index (χ0v) is 31.3. The second kappa shape index (κ2) is 29.5. The van der Waals surface area contributed by atoms with Crippen LogP contribution in [0.2, 0.25) is 0 Å². The number of benzene rings is 1. The van der Waals surface area contributed by atoms with Crippen molar-refractivity contribution in [2.75, 3.05) is 151 Å². The van der Waals surface area contributed by atoms with Gasteiger partial charge in [-0.15, -0.1) is 0 Å². The molecule has 1 unspecified atom stereocenters. The molecular weight excluding hydrogens is 728 g/mol. The van der Waals surface area contributed by atoms with E-state index < -0.39 is 29.7 Å². The van der Waals surface area contributed by atoms with Crippen molar-refractivity contribution in [1.29, 1.82) is 0 Å². The third kappa shape index (κ3) is 18.6. The first-order valence-corrected chi connectivity index (χ1v) is 18.4. The third-order valence-corrected chi connectivity index (χ3v) is 7.78. The lowest BCUT2D eigenvalue weighted by atomic mass is 10.0. The van der Waals surface area contributed by atoms with E-state index in [0.717, 1.165) is 4.90 Å². The minimum atomic E-state index is -1.01. The average Bonchev–Trinajstić information content (AvgIpc) is 3.44. The second-order valence-corrected chi connectivity index (χ2v) is 11.7. The number of anilines is 1. The molecule has 2 aliphatic rings. The van der Waals surface area contributed by atoms with Crippen LogP contribution in [0.4, 0.5) is 5.69 Å². The predicted octanol–water partition coefficient (Wildman–Crippen LogP) is 0.976. The first-order valence-electron chi connectivity index (χ1n) is 18.4. The SMILES string of the molecule is [N-]=[N+]=NCCOCCOCCOCCOCCOCCOCCOCCOCCOCCOCCNc1cccc2c1C(=O)N(C1CCC(=O)NC1=O)C2=O. The summed E-state index contributed by atoms with van der Waals surface area (Å²) < 4.78 is 54.5. The summed E-state index contributed by atoms with van der Waals surface area (Å²) in [6.45, 7) is 9.44. The van der Waals surface area contributed by atoms with Crippen molar-refractivity contribution in [3.63, 3.8) is 0 Å². The monoisotopic (exact) mass is 782 g/mol. The summed E-state index contributed by atoms with van der Waals surface area (Å²) in [6, 6.07) is 3.89. The highest BCUT2D eigenvalue weighted by Crippen LogP contribution is 2.32. The molecule has 0 spiro atoms. The lowest BCUT2D eigenvalue weighted by Crippen LogP contribution is -2.54. The Kier molecular flexibility index (Phi) is 24.4. The highest BCUT2D eigenvalue weighted by atomic mass is 16.6. The average molecular weight is 783 g/mol. The van der Waals surface area contributed by atoms with Gasteiger partial charge in [-0.3, -0.25) is 29.4 Å². The summed E-state index contributed by atoms with van der Waals surface area (Å²) in [5.74, 6) is -2.18. The Morgan fingerprint density at radius 2 is 1.07 bits per heavy atom. The second-order valence-electron chi connectivity index (χ2n) is 11.7. The molecule has 1 saturated heterocycles. The van der Waals surface area contributed by atoms with E-state index >= 15 is 0 Å². The van der Waals surface area contributed by atoms with Crippen molar-refractivity contribution in [1.82, 2.24) is 10.2 Å². The number of nitrogens with zero attached hydrogens (tertiary/aromatic N) is 4. The van der Waals surface area contributed by atoms with Gasteiger partial charge in [0.25, 0.3) is 11.8 Å². The molecule has 1 aromatic rings. The van der Waals surface area contributed by atoms with Crippen molar-refractivity contribution < 1.29 is 66.5 Å². The molecule has 4 amide bonds. The van der Waals surface area contributed by atoms with Gasteiger partial charge in [0.15, 0.2) is 0 Å². The number of carbonyl (C=O) groups excluding carboxylic acids is 4. The van der Waals surface area contributed by atoms with E-state index in [1.54, 1.807) is 18.2 Å². The zero-order valence-electron chi connectivity index (χ0n) is 31.3. The largest absolute Gasteiger partial charge is 0.382 e. The van der Waals surface area contributed by atoms with Gasteiger partial charge >= 0.3 is 0 Å². The molecule has 2 heterocycles. The van der Waals surface area contributed by atoms with Crippen LogP contribution in [-0.4, -0.2) is 180 Å². The molecule has 1 atom stereocenters. The maximum Gasteiger partial charge on any atom is 0.264 e. The Balaban J connectivity index is 1.01. The van der Waals surface area contributed by atoms with Crippen LogP contribution in [0.25, 0.3) is 10.4 Å². The van der Waals surface area contributed by atoms with Crippen molar-refractivity contribution in [3.05, 3.63) is 39.8 Å². The van der Waals surface area contributed by atoms with Gasteiger partial charge < -0.3 is 52.7 Å². The van der Waals surface area contributed by atoms with E-state index in [1.165, 1.54) is 0 Å². The number of piperidine rings is 1. The molecule has 20 nitrogen and oxygen atoms in total. The third-order valence-electron chi connectivity index (χ3n) is 7.78. The van der Waals surface area contributed by atoms with Crippen LogP contribution in [0.15, 0.2) is 23.3 Å². The summed E-state index contributed by atoms with van der Waals surface area (Å²) in [5, 5.41) is 8.69. The van der Waals surface area contributed by atoms with Crippen LogP contribution in [0.5, 0.6) is 0 Å². The first-order chi connectivity index (χ1) is 27.0. The number of hydrogen-bond acceptors (Lipinski definition) is 16. The fourth-order valence-electron chi connectivity index (χ4n) is 5.15.